The number of nitrogens with two attached hydrogens (primary N) is 2. The fourth-order valence-corrected chi connectivity index (χ4v) is 4.64. The predicted molar refractivity (Wildman–Crippen MR) is 159 cm³/mol. The maximum absolute atomic E-state index is 13.0. The number of carbonyl (C=O) groups is 2. The minimum absolute atomic E-state index is 0.161. The first-order valence-electron chi connectivity index (χ1n) is 10.8. The Morgan fingerprint density at radius 3 is 2.16 bits per heavy atom. The molecule has 0 fully saturated rings. The van der Waals surface area contributed by atoms with E-state index in [4.69, 9.17) is 11.5 Å². The Kier molecular flexibility index (Phi) is 8.96. The number of hydrogen-bond donors (Lipinski definition) is 8. The van der Waals surface area contributed by atoms with Gasteiger partial charge in [0.2, 0.25) is 0 Å². The molecule has 4 rings (SSSR count). The smallest absolute Gasteiger partial charge is 0.268 e. The number of rotatable bonds is 9. The number of anilines is 2. The molecule has 0 aliphatic rings. The van der Waals surface area contributed by atoms with E-state index in [1.807, 2.05) is 0 Å². The second-order valence-corrected chi connectivity index (χ2v) is 11.1. The zero-order valence-corrected chi connectivity index (χ0v) is 25.5. The van der Waals surface area contributed by atoms with Crippen molar-refractivity contribution in [1.29, 1.82) is 0 Å². The lowest BCUT2D eigenvalue weighted by Crippen LogP contribution is -2.28. The van der Waals surface area contributed by atoms with E-state index >= 15 is 0 Å². The van der Waals surface area contributed by atoms with Gasteiger partial charge in [0.05, 0.1) is 47.5 Å². The molecule has 38 heavy (non-hydrogen) atoms. The summed E-state index contributed by atoms with van der Waals surface area (Å²) in [6.07, 6.45) is 8.46. The van der Waals surface area contributed by atoms with Gasteiger partial charge < -0.3 is 42.0 Å². The Bertz CT molecular complexity index is 1490. The zero-order valence-electron chi connectivity index (χ0n) is 19.2. The van der Waals surface area contributed by atoms with Crippen molar-refractivity contribution in [3.05, 3.63) is 77.1 Å². The number of amides is 2. The number of carbonyl (C=O) groups excluding carboxylic acids is 2. The predicted octanol–water partition coefficient (Wildman–Crippen LogP) is 4.63. The molecule has 0 saturated carbocycles. The molecule has 0 aliphatic carbocycles. The second kappa shape index (κ2) is 12.2. The molecule has 0 saturated heterocycles. The molecule has 0 spiro atoms. The van der Waals surface area contributed by atoms with Gasteiger partial charge in [0.1, 0.15) is 11.4 Å². The van der Waals surface area contributed by atoms with Crippen LogP contribution >= 0.6 is 63.7 Å². The molecule has 16 heteroatoms. The van der Waals surface area contributed by atoms with Crippen LogP contribution in [0.3, 0.4) is 0 Å². The summed E-state index contributed by atoms with van der Waals surface area (Å²) in [6.45, 7) is 0.226. The van der Waals surface area contributed by atoms with E-state index in [1.165, 1.54) is 0 Å². The number of aromatic amines is 4. The van der Waals surface area contributed by atoms with Gasteiger partial charge in [-0.15, -0.1) is 0 Å². The monoisotopic (exact) mass is 772 g/mol. The average molecular weight is 776 g/mol. The first kappa shape index (κ1) is 27.9. The van der Waals surface area contributed by atoms with Crippen molar-refractivity contribution < 1.29 is 9.59 Å². The van der Waals surface area contributed by atoms with Gasteiger partial charge in [0.15, 0.2) is 11.9 Å². The van der Waals surface area contributed by atoms with Gasteiger partial charge in [0, 0.05) is 6.54 Å². The van der Waals surface area contributed by atoms with Gasteiger partial charge in [-0.1, -0.05) is 12.2 Å². The molecule has 4 aromatic rings. The van der Waals surface area contributed by atoms with Crippen LogP contribution in [0.15, 0.2) is 48.6 Å². The third-order valence-electron chi connectivity index (χ3n) is 5.06. The molecule has 0 aromatic carbocycles. The molecular formula is C22H20Br4N10O2. The average Bonchev–Trinajstić information content (AvgIpc) is 3.63. The summed E-state index contributed by atoms with van der Waals surface area (Å²) in [6, 6.07) is 2.66. The summed E-state index contributed by atoms with van der Waals surface area (Å²) < 4.78 is 2.76. The Labute approximate surface area is 249 Å². The highest BCUT2D eigenvalue weighted by atomic mass is 79.9. The van der Waals surface area contributed by atoms with Crippen molar-refractivity contribution in [1.82, 2.24) is 40.5 Å². The molecule has 1 unspecified atom stereocenters. The fourth-order valence-electron chi connectivity index (χ4n) is 3.33. The van der Waals surface area contributed by atoms with Gasteiger partial charge in [0.25, 0.3) is 11.8 Å². The van der Waals surface area contributed by atoms with Crippen molar-refractivity contribution >= 4 is 99.6 Å². The molecule has 198 valence electrons. The van der Waals surface area contributed by atoms with E-state index in [9.17, 15) is 9.59 Å². The van der Waals surface area contributed by atoms with Crippen LogP contribution in [0.25, 0.3) is 12.2 Å². The van der Waals surface area contributed by atoms with E-state index in [0.29, 0.717) is 42.1 Å². The Morgan fingerprint density at radius 2 is 1.58 bits per heavy atom. The fraction of sp³-hybridized carbons (Fsp3) is 0.0909. The van der Waals surface area contributed by atoms with Crippen LogP contribution in [0.2, 0.25) is 0 Å². The van der Waals surface area contributed by atoms with Gasteiger partial charge in [-0.3, -0.25) is 9.59 Å². The highest BCUT2D eigenvalue weighted by Gasteiger charge is 2.21. The van der Waals surface area contributed by atoms with Crippen LogP contribution in [0.5, 0.6) is 0 Å². The lowest BCUT2D eigenvalue weighted by atomic mass is 10.1. The number of nitrogen functional groups attached to an aromatic ring is 2. The van der Waals surface area contributed by atoms with E-state index in [1.54, 1.807) is 42.6 Å². The summed E-state index contributed by atoms with van der Waals surface area (Å²) >= 11 is 13.4. The molecular weight excluding hydrogens is 756 g/mol. The normalized spacial score (nSPS) is 12.4. The quantitative estimate of drug-likeness (QED) is 0.122. The summed E-state index contributed by atoms with van der Waals surface area (Å²) in [5, 5.41) is 5.74. The third-order valence-corrected chi connectivity index (χ3v) is 8.62. The SMILES string of the molecule is Nc1ncc(C=CC(NC(=O)c2cc(Br)c(Br)[nH]2)c2[nH]c(N)nc2C=CCNC(=O)c2cc(Br)c(Br)[nH]2)[nH]1. The number of halogens is 4. The van der Waals surface area contributed by atoms with E-state index < -0.39 is 6.04 Å². The number of H-pyrrole nitrogens is 4. The van der Waals surface area contributed by atoms with Crippen molar-refractivity contribution in [2.75, 3.05) is 18.0 Å². The molecule has 1 atom stereocenters. The minimum Gasteiger partial charge on any atom is -0.369 e. The topological polar surface area (TPSA) is 199 Å². The lowest BCUT2D eigenvalue weighted by Gasteiger charge is -2.14. The largest absolute Gasteiger partial charge is 0.369 e. The molecule has 10 N–H and O–H groups in total. The molecule has 0 aliphatic heterocycles. The Hall–Kier alpha value is -3.08. The molecule has 4 heterocycles. The van der Waals surface area contributed by atoms with E-state index in [2.05, 4.69) is 104 Å². The standard InChI is InChI=1S/C22H20Br4N10O2/c23-10-6-14(32-17(10)25)19(37)29-5-1-2-12-16(36-22(28)35-12)13(4-3-9-8-30-21(27)31-9)34-20(38)15-7-11(24)18(26)33-15/h1-4,6-8,13,32-33H,5H2,(H,29,37)(H,34,38)(H3,27,30,31)(H3,28,35,36). The van der Waals surface area contributed by atoms with Gasteiger partial charge in [-0.2, -0.15) is 0 Å². The Balaban J connectivity index is 1.54. The highest BCUT2D eigenvalue weighted by molar-refractivity contribution is 9.13. The van der Waals surface area contributed by atoms with Crippen LogP contribution in [-0.2, 0) is 0 Å². The lowest BCUT2D eigenvalue weighted by molar-refractivity contribution is 0.0935. The summed E-state index contributed by atoms with van der Waals surface area (Å²) in [7, 11) is 0. The number of nitrogens with one attached hydrogen (secondary N) is 6. The second-order valence-electron chi connectivity index (χ2n) is 7.76. The van der Waals surface area contributed by atoms with Crippen LogP contribution in [0, 0.1) is 0 Å². The van der Waals surface area contributed by atoms with Crippen LogP contribution in [0.1, 0.15) is 44.1 Å². The summed E-state index contributed by atoms with van der Waals surface area (Å²) in [5.41, 5.74) is 14.0. The minimum atomic E-state index is -0.666. The van der Waals surface area contributed by atoms with Crippen LogP contribution in [-0.4, -0.2) is 48.3 Å². The first-order valence-corrected chi connectivity index (χ1v) is 14.0. The van der Waals surface area contributed by atoms with Crippen molar-refractivity contribution in [3.63, 3.8) is 0 Å². The van der Waals surface area contributed by atoms with Crippen molar-refractivity contribution in [2.24, 2.45) is 0 Å². The molecule has 2 amide bonds. The molecule has 4 aromatic heterocycles. The van der Waals surface area contributed by atoms with Crippen LogP contribution < -0.4 is 22.1 Å². The van der Waals surface area contributed by atoms with Gasteiger partial charge in [-0.05, 0) is 88.0 Å². The zero-order chi connectivity index (χ0) is 27.4. The number of aromatic nitrogens is 6. The highest BCUT2D eigenvalue weighted by Crippen LogP contribution is 2.25. The number of imidazole rings is 2. The maximum Gasteiger partial charge on any atom is 0.268 e. The third kappa shape index (κ3) is 6.86. The van der Waals surface area contributed by atoms with Gasteiger partial charge >= 0.3 is 0 Å². The molecule has 0 radical (unpaired) electrons. The number of hydrogen-bond acceptors (Lipinski definition) is 6. The summed E-state index contributed by atoms with van der Waals surface area (Å²) in [4.78, 5) is 45.5. The molecule has 0 bridgehead atoms. The van der Waals surface area contributed by atoms with E-state index in [-0.39, 0.29) is 30.3 Å². The first-order chi connectivity index (χ1) is 18.1. The van der Waals surface area contributed by atoms with Gasteiger partial charge in [-0.25, -0.2) is 9.97 Å². The molecule has 12 nitrogen and oxygen atoms in total. The number of nitrogens with zero attached hydrogens (tertiary/aromatic N) is 2. The summed E-state index contributed by atoms with van der Waals surface area (Å²) in [5.74, 6) is -0.220. The van der Waals surface area contributed by atoms with Crippen molar-refractivity contribution in [3.8, 4) is 0 Å². The Morgan fingerprint density at radius 1 is 0.921 bits per heavy atom. The maximum atomic E-state index is 13.0. The van der Waals surface area contributed by atoms with Crippen LogP contribution in [0.4, 0.5) is 11.9 Å². The van der Waals surface area contributed by atoms with Crippen molar-refractivity contribution in [2.45, 2.75) is 6.04 Å². The van der Waals surface area contributed by atoms with E-state index in [0.717, 1.165) is 4.47 Å².